The number of methoxy groups -OCH3 is 1. The van der Waals surface area contributed by atoms with Crippen molar-refractivity contribution >= 4 is 40.6 Å². The summed E-state index contributed by atoms with van der Waals surface area (Å²) < 4.78 is 16.2. The normalized spacial score (nSPS) is 16.2. The van der Waals surface area contributed by atoms with Gasteiger partial charge >= 0.3 is 12.1 Å². The zero-order chi connectivity index (χ0) is 28.3. The molecule has 210 valence electrons. The molecule has 2 aromatic heterocycles. The summed E-state index contributed by atoms with van der Waals surface area (Å²) in [6, 6.07) is 6.59. The van der Waals surface area contributed by atoms with Gasteiger partial charge < -0.3 is 29.1 Å². The third-order valence-electron chi connectivity index (χ3n) is 6.24. The van der Waals surface area contributed by atoms with Crippen molar-refractivity contribution in [1.29, 1.82) is 0 Å². The number of carbonyl (C=O) groups is 3. The van der Waals surface area contributed by atoms with Gasteiger partial charge in [-0.15, -0.1) is 10.2 Å². The molecule has 1 aliphatic heterocycles. The summed E-state index contributed by atoms with van der Waals surface area (Å²) in [7, 11) is 1.32. The van der Waals surface area contributed by atoms with Gasteiger partial charge in [-0.1, -0.05) is 43.8 Å². The number of ether oxygens (including phenoxy) is 2. The third kappa shape index (κ3) is 6.92. The van der Waals surface area contributed by atoms with Crippen LogP contribution in [0.3, 0.4) is 0 Å². The molecule has 11 nitrogen and oxygen atoms in total. The smallest absolute Gasteiger partial charge is 0.408 e. The Hall–Kier alpha value is -3.54. The molecule has 0 saturated heterocycles. The summed E-state index contributed by atoms with van der Waals surface area (Å²) in [5.41, 5.74) is 2.24. The van der Waals surface area contributed by atoms with E-state index in [4.69, 9.17) is 13.9 Å². The van der Waals surface area contributed by atoms with Gasteiger partial charge in [0, 0.05) is 23.0 Å². The highest BCUT2D eigenvalue weighted by atomic mass is 32.2. The largest absolute Gasteiger partial charge is 0.467 e. The number of aromatic nitrogens is 3. The number of nitrogens with one attached hydrogen (secondary N) is 2. The van der Waals surface area contributed by atoms with Gasteiger partial charge in [-0.25, -0.2) is 9.59 Å². The van der Waals surface area contributed by atoms with E-state index in [-0.39, 0.29) is 35.2 Å². The maximum absolute atomic E-state index is 13.3. The van der Waals surface area contributed by atoms with E-state index in [0.29, 0.717) is 12.8 Å². The van der Waals surface area contributed by atoms with Crippen molar-refractivity contribution in [3.63, 3.8) is 0 Å². The number of amides is 2. The van der Waals surface area contributed by atoms with Crippen molar-refractivity contribution in [3.8, 4) is 0 Å². The molecule has 1 aliphatic rings. The lowest BCUT2D eigenvalue weighted by atomic mass is 9.96. The average molecular weight is 558 g/mol. The van der Waals surface area contributed by atoms with Crippen LogP contribution in [0.1, 0.15) is 64.2 Å². The van der Waals surface area contributed by atoms with Crippen LogP contribution in [0.4, 0.5) is 4.79 Å². The van der Waals surface area contributed by atoms with Crippen molar-refractivity contribution in [1.82, 2.24) is 25.4 Å². The maximum atomic E-state index is 13.3. The van der Waals surface area contributed by atoms with Gasteiger partial charge in [-0.05, 0) is 44.7 Å². The summed E-state index contributed by atoms with van der Waals surface area (Å²) in [5.74, 6) is -0.269. The topological polar surface area (TPSA) is 140 Å². The van der Waals surface area contributed by atoms with E-state index in [1.807, 2.05) is 38.1 Å². The number of carbonyl (C=O) groups excluding carboxylic acids is 3. The van der Waals surface area contributed by atoms with Crippen molar-refractivity contribution in [2.45, 2.75) is 76.9 Å². The highest BCUT2D eigenvalue weighted by molar-refractivity contribution is 7.99. The molecule has 0 radical (unpaired) electrons. The van der Waals surface area contributed by atoms with Crippen LogP contribution in [0.15, 0.2) is 33.9 Å². The fourth-order valence-corrected chi connectivity index (χ4v) is 5.24. The minimum Gasteiger partial charge on any atom is -0.467 e. The van der Waals surface area contributed by atoms with Crippen LogP contribution in [0.25, 0.3) is 10.9 Å². The number of hydrogen-bond acceptors (Lipinski definition) is 9. The Morgan fingerprint density at radius 3 is 2.67 bits per heavy atom. The van der Waals surface area contributed by atoms with E-state index in [0.717, 1.165) is 33.9 Å². The zero-order valence-corrected chi connectivity index (χ0v) is 23.9. The number of alkyl carbamates (subject to hydrolysis) is 1. The number of nitrogens with zero attached hydrogens (tertiary/aromatic N) is 3. The van der Waals surface area contributed by atoms with Crippen LogP contribution in [0.2, 0.25) is 0 Å². The second-order valence-corrected chi connectivity index (χ2v) is 11.8. The fraction of sp³-hybridized carbons (Fsp3) is 0.519. The van der Waals surface area contributed by atoms with Crippen molar-refractivity contribution in [2.75, 3.05) is 12.9 Å². The predicted molar refractivity (Wildman–Crippen MR) is 145 cm³/mol. The molecular weight excluding hydrogens is 522 g/mol. The van der Waals surface area contributed by atoms with Crippen molar-refractivity contribution in [3.05, 3.63) is 41.4 Å². The van der Waals surface area contributed by atoms with E-state index in [9.17, 15) is 14.4 Å². The highest BCUT2D eigenvalue weighted by Crippen LogP contribution is 2.32. The van der Waals surface area contributed by atoms with E-state index >= 15 is 0 Å². The fourth-order valence-electron chi connectivity index (χ4n) is 4.59. The SMILES string of the molecule is COC(=O)[C@H]1Cc2c([nH]c3ccccc23)CN1C(=O)CSc1nnc([C@H](CC(C)C)NC(=O)OC(C)(C)C)o1. The molecule has 3 heterocycles. The Morgan fingerprint density at radius 2 is 1.97 bits per heavy atom. The molecule has 0 saturated carbocycles. The molecular formula is C27H35N5O6S. The number of fused-ring (bicyclic) bond motifs is 3. The first-order valence-electron chi connectivity index (χ1n) is 12.9. The standard InChI is InChI=1S/C27H35N5O6S/c1-15(2)11-19(29-25(35)38-27(3,4)5)23-30-31-26(37-23)39-14-22(33)32-13-20-17(12-21(32)24(34)36-6)16-9-7-8-10-18(16)28-20/h7-10,15,19,21,28H,11-14H2,1-6H3,(H,29,35)/t19-,21+/m0/s1. The summed E-state index contributed by atoms with van der Waals surface area (Å²) in [6.45, 7) is 9.65. The Labute approximate surface area is 231 Å². The molecule has 0 fully saturated rings. The van der Waals surface area contributed by atoms with Crippen LogP contribution in [-0.2, 0) is 32.0 Å². The van der Waals surface area contributed by atoms with Gasteiger partial charge in [-0.3, -0.25) is 4.79 Å². The molecule has 4 rings (SSSR count). The number of rotatable bonds is 8. The Balaban J connectivity index is 1.45. The van der Waals surface area contributed by atoms with Gasteiger partial charge in [0.2, 0.25) is 11.8 Å². The lowest BCUT2D eigenvalue weighted by Crippen LogP contribution is -2.49. The molecule has 3 aromatic rings. The van der Waals surface area contributed by atoms with Gasteiger partial charge in [0.15, 0.2) is 0 Å². The quantitative estimate of drug-likeness (QED) is 0.305. The van der Waals surface area contributed by atoms with Crippen LogP contribution in [0, 0.1) is 5.92 Å². The Morgan fingerprint density at radius 1 is 1.23 bits per heavy atom. The van der Waals surface area contributed by atoms with E-state index in [1.165, 1.54) is 12.0 Å². The number of aromatic amines is 1. The van der Waals surface area contributed by atoms with Gasteiger partial charge in [0.05, 0.1) is 19.4 Å². The molecule has 1 aromatic carbocycles. The van der Waals surface area contributed by atoms with Crippen LogP contribution in [-0.4, -0.2) is 62.6 Å². The Kier molecular flexibility index (Phi) is 8.53. The van der Waals surface area contributed by atoms with Gasteiger partial charge in [0.1, 0.15) is 17.7 Å². The second-order valence-electron chi connectivity index (χ2n) is 10.9. The Bertz CT molecular complexity index is 1340. The van der Waals surface area contributed by atoms with Gasteiger partial charge in [0.25, 0.3) is 5.22 Å². The number of H-pyrrole nitrogens is 1. The van der Waals surface area contributed by atoms with Crippen LogP contribution >= 0.6 is 11.8 Å². The third-order valence-corrected chi connectivity index (χ3v) is 7.04. The second kappa shape index (κ2) is 11.7. The molecule has 39 heavy (non-hydrogen) atoms. The number of hydrogen-bond donors (Lipinski definition) is 2. The monoisotopic (exact) mass is 557 g/mol. The van der Waals surface area contributed by atoms with E-state index in [1.54, 1.807) is 20.8 Å². The number of benzene rings is 1. The van der Waals surface area contributed by atoms with E-state index in [2.05, 4.69) is 20.5 Å². The molecule has 0 spiro atoms. The molecule has 12 heteroatoms. The summed E-state index contributed by atoms with van der Waals surface area (Å²) in [6.07, 6.45) is 0.345. The first kappa shape index (κ1) is 28.5. The molecule has 2 amide bonds. The first-order valence-corrected chi connectivity index (χ1v) is 13.8. The average Bonchev–Trinajstić information content (AvgIpc) is 3.48. The zero-order valence-electron chi connectivity index (χ0n) is 23.1. The van der Waals surface area contributed by atoms with E-state index < -0.39 is 29.7 Å². The molecule has 0 aliphatic carbocycles. The number of para-hydroxylation sites is 1. The summed E-state index contributed by atoms with van der Waals surface area (Å²) in [4.78, 5) is 43.2. The minimum atomic E-state index is -0.735. The first-order chi connectivity index (χ1) is 18.4. The summed E-state index contributed by atoms with van der Waals surface area (Å²) in [5, 5.41) is 12.2. The molecule has 2 N–H and O–H groups in total. The predicted octanol–water partition coefficient (Wildman–Crippen LogP) is 4.38. The molecule has 0 unspecified atom stereocenters. The highest BCUT2D eigenvalue weighted by Gasteiger charge is 2.37. The van der Waals surface area contributed by atoms with Crippen molar-refractivity contribution in [2.24, 2.45) is 5.92 Å². The lowest BCUT2D eigenvalue weighted by Gasteiger charge is -2.33. The minimum absolute atomic E-state index is 0.0149. The molecule has 0 bridgehead atoms. The van der Waals surface area contributed by atoms with Gasteiger partial charge in [-0.2, -0.15) is 0 Å². The molecule has 2 atom stereocenters. The summed E-state index contributed by atoms with van der Waals surface area (Å²) >= 11 is 1.08. The number of esters is 1. The van der Waals surface area contributed by atoms with Crippen LogP contribution in [0.5, 0.6) is 0 Å². The van der Waals surface area contributed by atoms with Crippen LogP contribution < -0.4 is 5.32 Å². The lowest BCUT2D eigenvalue weighted by molar-refractivity contribution is -0.153. The maximum Gasteiger partial charge on any atom is 0.408 e. The van der Waals surface area contributed by atoms with Crippen molar-refractivity contribution < 1.29 is 28.3 Å². The number of thioether (sulfide) groups is 1.